The summed E-state index contributed by atoms with van der Waals surface area (Å²) in [7, 11) is 2.01. The third-order valence-corrected chi connectivity index (χ3v) is 5.51. The third-order valence-electron chi connectivity index (χ3n) is 3.75. The van der Waals surface area contributed by atoms with Gasteiger partial charge in [0, 0.05) is 17.5 Å². The summed E-state index contributed by atoms with van der Waals surface area (Å²) in [5.41, 5.74) is 1.15. The van der Waals surface area contributed by atoms with Gasteiger partial charge in [-0.3, -0.25) is 4.68 Å². The molecular formula is C14H24ClN3S. The number of aryl methyl sites for hydroxylation is 1. The minimum absolute atomic E-state index is 0.298. The maximum absolute atomic E-state index is 6.32. The second-order valence-corrected chi connectivity index (χ2v) is 6.92. The molecule has 0 aliphatic heterocycles. The molecule has 1 heterocycles. The molecule has 1 fully saturated rings. The quantitative estimate of drug-likeness (QED) is 0.829. The molecule has 1 atom stereocenters. The van der Waals surface area contributed by atoms with Crippen molar-refractivity contribution in [3.05, 3.63) is 16.9 Å². The van der Waals surface area contributed by atoms with Crippen LogP contribution in [0.5, 0.6) is 0 Å². The molecule has 0 bridgehead atoms. The summed E-state index contributed by atoms with van der Waals surface area (Å²) in [6.07, 6.45) is 8.41. The van der Waals surface area contributed by atoms with Crippen molar-refractivity contribution in [3.63, 3.8) is 0 Å². The molecule has 19 heavy (non-hydrogen) atoms. The Hall–Kier alpha value is -0.190. The lowest BCUT2D eigenvalue weighted by Gasteiger charge is -2.20. The second kappa shape index (κ2) is 7.55. The van der Waals surface area contributed by atoms with Gasteiger partial charge < -0.3 is 5.32 Å². The number of halogens is 1. The van der Waals surface area contributed by atoms with Gasteiger partial charge in [0.2, 0.25) is 0 Å². The summed E-state index contributed by atoms with van der Waals surface area (Å²) in [6.45, 7) is 3.11. The maximum Gasteiger partial charge on any atom is 0.0834 e. The number of thioether (sulfide) groups is 1. The molecule has 0 aromatic carbocycles. The first-order valence-corrected chi connectivity index (χ1v) is 8.69. The molecule has 5 heteroatoms. The standard InChI is InChI=1S/C14H24ClN3S/c1-3-8-18-14(12(15)9-17-18)13(16-2)10-19-11-6-4-5-7-11/h9,11,13,16H,3-8,10H2,1-2H3. The Kier molecular flexibility index (Phi) is 6.05. The molecule has 0 spiro atoms. The highest BCUT2D eigenvalue weighted by molar-refractivity contribution is 7.99. The van der Waals surface area contributed by atoms with E-state index in [-0.39, 0.29) is 0 Å². The first kappa shape index (κ1) is 15.2. The predicted molar refractivity (Wildman–Crippen MR) is 84.0 cm³/mol. The van der Waals surface area contributed by atoms with Crippen molar-refractivity contribution in [1.82, 2.24) is 15.1 Å². The van der Waals surface area contributed by atoms with Gasteiger partial charge in [-0.2, -0.15) is 16.9 Å². The van der Waals surface area contributed by atoms with E-state index in [1.54, 1.807) is 6.20 Å². The van der Waals surface area contributed by atoms with Crippen LogP contribution in [0.25, 0.3) is 0 Å². The Balaban J connectivity index is 2.01. The van der Waals surface area contributed by atoms with Gasteiger partial charge in [-0.25, -0.2) is 0 Å². The molecule has 1 aromatic rings. The highest BCUT2D eigenvalue weighted by Crippen LogP contribution is 2.33. The van der Waals surface area contributed by atoms with Crippen LogP contribution in [0.1, 0.15) is 50.8 Å². The van der Waals surface area contributed by atoms with Crippen LogP contribution in [-0.4, -0.2) is 27.8 Å². The Morgan fingerprint density at radius 3 is 2.89 bits per heavy atom. The first-order valence-electron chi connectivity index (χ1n) is 7.26. The van der Waals surface area contributed by atoms with E-state index in [1.165, 1.54) is 25.7 Å². The van der Waals surface area contributed by atoms with Gasteiger partial charge in [0.05, 0.1) is 23.0 Å². The number of nitrogens with zero attached hydrogens (tertiary/aromatic N) is 2. The molecule has 0 saturated heterocycles. The lowest BCUT2D eigenvalue weighted by Crippen LogP contribution is -2.23. The van der Waals surface area contributed by atoms with E-state index in [9.17, 15) is 0 Å². The molecule has 1 aliphatic carbocycles. The number of hydrogen-bond acceptors (Lipinski definition) is 3. The van der Waals surface area contributed by atoms with Crippen LogP contribution in [0.15, 0.2) is 6.20 Å². The van der Waals surface area contributed by atoms with Crippen molar-refractivity contribution < 1.29 is 0 Å². The summed E-state index contributed by atoms with van der Waals surface area (Å²) < 4.78 is 2.05. The van der Waals surface area contributed by atoms with E-state index in [4.69, 9.17) is 11.6 Å². The predicted octanol–water partition coefficient (Wildman–Crippen LogP) is 3.88. The highest BCUT2D eigenvalue weighted by atomic mass is 35.5. The van der Waals surface area contributed by atoms with Gasteiger partial charge in [0.25, 0.3) is 0 Å². The minimum atomic E-state index is 0.298. The van der Waals surface area contributed by atoms with E-state index in [0.29, 0.717) is 6.04 Å². The van der Waals surface area contributed by atoms with Gasteiger partial charge in [0.1, 0.15) is 0 Å². The summed E-state index contributed by atoms with van der Waals surface area (Å²) in [5.74, 6) is 1.08. The zero-order chi connectivity index (χ0) is 13.7. The Morgan fingerprint density at radius 2 is 2.26 bits per heavy atom. The number of rotatable bonds is 7. The van der Waals surface area contributed by atoms with E-state index < -0.39 is 0 Å². The second-order valence-electron chi connectivity index (χ2n) is 5.18. The normalized spacial score (nSPS) is 18.1. The topological polar surface area (TPSA) is 29.9 Å². The fourth-order valence-electron chi connectivity index (χ4n) is 2.69. The average Bonchev–Trinajstić information content (AvgIpc) is 3.03. The molecule has 1 N–H and O–H groups in total. The zero-order valence-corrected chi connectivity index (χ0v) is 13.4. The molecule has 108 valence electrons. The van der Waals surface area contributed by atoms with Crippen LogP contribution in [0.3, 0.4) is 0 Å². The van der Waals surface area contributed by atoms with E-state index in [0.717, 1.165) is 34.7 Å². The van der Waals surface area contributed by atoms with E-state index in [1.807, 2.05) is 7.05 Å². The zero-order valence-electron chi connectivity index (χ0n) is 11.9. The lowest BCUT2D eigenvalue weighted by atomic mass is 10.2. The fourth-order valence-corrected chi connectivity index (χ4v) is 4.42. The van der Waals surface area contributed by atoms with E-state index >= 15 is 0 Å². The number of hydrogen-bond donors (Lipinski definition) is 1. The van der Waals surface area contributed by atoms with Crippen molar-refractivity contribution >= 4 is 23.4 Å². The Labute approximate surface area is 125 Å². The van der Waals surface area contributed by atoms with Crippen LogP contribution < -0.4 is 5.32 Å². The molecule has 1 aliphatic rings. The van der Waals surface area contributed by atoms with Crippen LogP contribution in [0.4, 0.5) is 0 Å². The van der Waals surface area contributed by atoms with Crippen molar-refractivity contribution in [2.75, 3.05) is 12.8 Å². The summed E-state index contributed by atoms with van der Waals surface area (Å²) in [6, 6.07) is 0.298. The third kappa shape index (κ3) is 3.89. The van der Waals surface area contributed by atoms with Gasteiger partial charge in [-0.15, -0.1) is 0 Å². The highest BCUT2D eigenvalue weighted by Gasteiger charge is 2.22. The average molecular weight is 302 g/mol. The molecule has 3 nitrogen and oxygen atoms in total. The van der Waals surface area contributed by atoms with Gasteiger partial charge in [-0.1, -0.05) is 31.4 Å². The molecule has 0 radical (unpaired) electrons. The van der Waals surface area contributed by atoms with E-state index in [2.05, 4.69) is 33.8 Å². The molecule has 2 rings (SSSR count). The van der Waals surface area contributed by atoms with Crippen LogP contribution in [-0.2, 0) is 6.54 Å². The monoisotopic (exact) mass is 301 g/mol. The largest absolute Gasteiger partial charge is 0.311 e. The van der Waals surface area contributed by atoms with Gasteiger partial charge in [-0.05, 0) is 26.3 Å². The van der Waals surface area contributed by atoms with Crippen molar-refractivity contribution in [3.8, 4) is 0 Å². The van der Waals surface area contributed by atoms with Crippen LogP contribution >= 0.6 is 23.4 Å². The summed E-state index contributed by atoms with van der Waals surface area (Å²) in [4.78, 5) is 0. The summed E-state index contributed by atoms with van der Waals surface area (Å²) in [5, 5.41) is 9.43. The number of aromatic nitrogens is 2. The molecular weight excluding hydrogens is 278 g/mol. The van der Waals surface area contributed by atoms with Crippen molar-refractivity contribution in [2.24, 2.45) is 0 Å². The van der Waals surface area contributed by atoms with Crippen LogP contribution in [0, 0.1) is 0 Å². The molecule has 1 unspecified atom stereocenters. The SMILES string of the molecule is CCCn1ncc(Cl)c1C(CSC1CCCC1)NC. The van der Waals surface area contributed by atoms with Gasteiger partial charge in [0.15, 0.2) is 0 Å². The van der Waals surface area contributed by atoms with Crippen molar-refractivity contribution in [2.45, 2.75) is 56.9 Å². The first-order chi connectivity index (χ1) is 9.26. The molecule has 1 saturated carbocycles. The fraction of sp³-hybridized carbons (Fsp3) is 0.786. The lowest BCUT2D eigenvalue weighted by molar-refractivity contribution is 0.524. The summed E-state index contributed by atoms with van der Waals surface area (Å²) >= 11 is 8.41. The van der Waals surface area contributed by atoms with Gasteiger partial charge >= 0.3 is 0 Å². The Bertz CT molecular complexity index is 388. The van der Waals surface area contributed by atoms with Crippen LogP contribution in [0.2, 0.25) is 5.02 Å². The molecule has 1 aromatic heterocycles. The maximum atomic E-state index is 6.32. The Morgan fingerprint density at radius 1 is 1.53 bits per heavy atom. The minimum Gasteiger partial charge on any atom is -0.311 e. The smallest absolute Gasteiger partial charge is 0.0834 e. The van der Waals surface area contributed by atoms with Crippen molar-refractivity contribution in [1.29, 1.82) is 0 Å². The molecule has 0 amide bonds. The number of nitrogens with one attached hydrogen (secondary N) is 1.